The molecule has 0 unspecified atom stereocenters. The fourth-order valence-electron chi connectivity index (χ4n) is 2.81. The van der Waals surface area contributed by atoms with Crippen molar-refractivity contribution in [2.75, 3.05) is 0 Å². The van der Waals surface area contributed by atoms with Crippen LogP contribution in [0.1, 0.15) is 62.4 Å². The molecule has 1 heterocycles. The summed E-state index contributed by atoms with van der Waals surface area (Å²) in [5.41, 5.74) is 0.600. The van der Waals surface area contributed by atoms with Crippen LogP contribution in [0.4, 0.5) is 0 Å². The van der Waals surface area contributed by atoms with E-state index in [1.54, 1.807) is 10.9 Å². The van der Waals surface area contributed by atoms with Gasteiger partial charge >= 0.3 is 0 Å². The molecule has 1 aromatic heterocycles. The third kappa shape index (κ3) is 3.14. The number of hydrogen-bond donors (Lipinski definition) is 0. The minimum atomic E-state index is 0.159. The van der Waals surface area contributed by atoms with E-state index in [-0.39, 0.29) is 5.78 Å². The summed E-state index contributed by atoms with van der Waals surface area (Å²) in [4.78, 5) is 12.3. The lowest BCUT2D eigenvalue weighted by Crippen LogP contribution is -2.14. The summed E-state index contributed by atoms with van der Waals surface area (Å²) in [5, 5.41) is 4.63. The van der Waals surface area contributed by atoms with Crippen molar-refractivity contribution in [2.45, 2.75) is 58.4 Å². The van der Waals surface area contributed by atoms with Gasteiger partial charge in [0.1, 0.15) is 5.69 Å². The van der Waals surface area contributed by atoms with E-state index in [9.17, 15) is 4.79 Å². The van der Waals surface area contributed by atoms with Crippen LogP contribution in [0.25, 0.3) is 0 Å². The highest BCUT2D eigenvalue weighted by atomic mass is 35.5. The Labute approximate surface area is 114 Å². The number of ketones is 1. The number of aromatic nitrogens is 2. The molecule has 0 bridgehead atoms. The number of aryl methyl sites for hydroxylation is 1. The monoisotopic (exact) mass is 268 g/mol. The second-order valence-electron chi connectivity index (χ2n) is 5.14. The molecule has 1 aliphatic rings. The highest BCUT2D eigenvalue weighted by Crippen LogP contribution is 2.28. The molecule has 0 atom stereocenters. The second kappa shape index (κ2) is 6.37. The van der Waals surface area contributed by atoms with Crippen LogP contribution < -0.4 is 0 Å². The molecule has 18 heavy (non-hydrogen) atoms. The Hall–Kier alpha value is -0.830. The van der Waals surface area contributed by atoms with Crippen LogP contribution >= 0.6 is 11.6 Å². The molecule has 1 aromatic rings. The first-order valence-corrected chi connectivity index (χ1v) is 7.34. The lowest BCUT2D eigenvalue weighted by atomic mass is 9.93. The molecule has 4 heteroatoms. The smallest absolute Gasteiger partial charge is 0.182 e. The summed E-state index contributed by atoms with van der Waals surface area (Å²) in [6.07, 6.45) is 9.73. The quantitative estimate of drug-likeness (QED) is 0.609. The van der Waals surface area contributed by atoms with E-state index in [2.05, 4.69) is 5.10 Å². The van der Waals surface area contributed by atoms with E-state index >= 15 is 0 Å². The average molecular weight is 269 g/mol. The van der Waals surface area contributed by atoms with Gasteiger partial charge in [-0.1, -0.05) is 50.1 Å². The van der Waals surface area contributed by atoms with Crippen molar-refractivity contribution in [3.63, 3.8) is 0 Å². The van der Waals surface area contributed by atoms with Gasteiger partial charge in [0.15, 0.2) is 5.78 Å². The number of Topliss-reactive ketones (excluding diaryl/α,β-unsaturated/α-hetero) is 1. The molecule has 1 aliphatic carbocycles. The van der Waals surface area contributed by atoms with Crippen molar-refractivity contribution in [3.05, 3.63) is 16.9 Å². The lowest BCUT2D eigenvalue weighted by molar-refractivity contribution is 0.0946. The van der Waals surface area contributed by atoms with Crippen molar-refractivity contribution >= 4 is 17.4 Å². The summed E-state index contributed by atoms with van der Waals surface area (Å²) < 4.78 is 1.71. The summed E-state index contributed by atoms with van der Waals surface area (Å²) >= 11 is 6.06. The number of hydrogen-bond acceptors (Lipinski definition) is 2. The van der Waals surface area contributed by atoms with Gasteiger partial charge in [-0.2, -0.15) is 5.10 Å². The first kappa shape index (κ1) is 13.6. The van der Waals surface area contributed by atoms with Crippen molar-refractivity contribution < 1.29 is 4.79 Å². The topological polar surface area (TPSA) is 34.9 Å². The zero-order valence-electron chi connectivity index (χ0n) is 11.0. The minimum absolute atomic E-state index is 0.159. The molecule has 0 amide bonds. The van der Waals surface area contributed by atoms with Gasteiger partial charge in [-0.3, -0.25) is 9.48 Å². The Balaban J connectivity index is 2.04. The maximum Gasteiger partial charge on any atom is 0.182 e. The predicted molar refractivity (Wildman–Crippen MR) is 73.1 cm³/mol. The van der Waals surface area contributed by atoms with E-state index in [0.717, 1.165) is 0 Å². The molecule has 0 N–H and O–H groups in total. The molecule has 0 aromatic carbocycles. The van der Waals surface area contributed by atoms with Gasteiger partial charge in [-0.05, 0) is 12.8 Å². The summed E-state index contributed by atoms with van der Waals surface area (Å²) in [5.74, 6) is 0.697. The zero-order chi connectivity index (χ0) is 13.0. The number of nitrogens with zero attached hydrogens (tertiary/aromatic N) is 2. The Kier molecular flexibility index (Phi) is 4.81. The van der Waals surface area contributed by atoms with Crippen molar-refractivity contribution in [1.82, 2.24) is 9.78 Å². The van der Waals surface area contributed by atoms with Gasteiger partial charge in [0.2, 0.25) is 0 Å². The standard InChI is InChI=1S/C14H21ClN2O/c1-2-17-14(12(15)10-16-17)13(18)9-11-7-5-3-4-6-8-11/h10-11H,2-9H2,1H3. The molecule has 0 spiro atoms. The highest BCUT2D eigenvalue weighted by molar-refractivity contribution is 6.33. The molecule has 2 rings (SSSR count). The highest BCUT2D eigenvalue weighted by Gasteiger charge is 2.21. The van der Waals surface area contributed by atoms with E-state index in [1.807, 2.05) is 6.92 Å². The van der Waals surface area contributed by atoms with Crippen molar-refractivity contribution in [2.24, 2.45) is 5.92 Å². The van der Waals surface area contributed by atoms with Gasteiger partial charge in [0.25, 0.3) is 0 Å². The van der Waals surface area contributed by atoms with Crippen LogP contribution in [0.3, 0.4) is 0 Å². The molecular formula is C14H21ClN2O. The van der Waals surface area contributed by atoms with Crippen LogP contribution in [-0.4, -0.2) is 15.6 Å². The SMILES string of the molecule is CCn1ncc(Cl)c1C(=O)CC1CCCCCC1. The molecule has 0 aliphatic heterocycles. The third-order valence-corrected chi connectivity index (χ3v) is 4.08. The van der Waals surface area contributed by atoms with Crippen LogP contribution in [0.15, 0.2) is 6.20 Å². The van der Waals surface area contributed by atoms with Gasteiger partial charge in [-0.25, -0.2) is 0 Å². The Morgan fingerprint density at radius 3 is 2.67 bits per heavy atom. The van der Waals surface area contributed by atoms with E-state index < -0.39 is 0 Å². The van der Waals surface area contributed by atoms with Gasteiger partial charge in [-0.15, -0.1) is 0 Å². The Morgan fingerprint density at radius 1 is 1.39 bits per heavy atom. The molecule has 1 fully saturated rings. The first-order chi connectivity index (χ1) is 8.72. The number of halogens is 1. The maximum absolute atomic E-state index is 12.3. The fraction of sp³-hybridized carbons (Fsp3) is 0.714. The van der Waals surface area contributed by atoms with Gasteiger partial charge in [0.05, 0.1) is 11.2 Å². The number of rotatable bonds is 4. The van der Waals surface area contributed by atoms with Crippen LogP contribution in [0.5, 0.6) is 0 Å². The predicted octanol–water partition coefficient (Wildman–Crippen LogP) is 4.10. The summed E-state index contributed by atoms with van der Waals surface area (Å²) in [6.45, 7) is 2.67. The average Bonchev–Trinajstić information content (AvgIpc) is 2.57. The van der Waals surface area contributed by atoms with Gasteiger partial charge in [0, 0.05) is 13.0 Å². The molecule has 0 saturated heterocycles. The summed E-state index contributed by atoms with van der Waals surface area (Å²) in [7, 11) is 0. The van der Waals surface area contributed by atoms with Crippen LogP contribution in [0.2, 0.25) is 5.02 Å². The Bertz CT molecular complexity index is 406. The van der Waals surface area contributed by atoms with E-state index in [1.165, 1.54) is 38.5 Å². The van der Waals surface area contributed by atoms with Crippen molar-refractivity contribution in [1.29, 1.82) is 0 Å². The van der Waals surface area contributed by atoms with Crippen LogP contribution in [-0.2, 0) is 6.54 Å². The summed E-state index contributed by atoms with van der Waals surface area (Å²) in [6, 6.07) is 0. The Morgan fingerprint density at radius 2 is 2.06 bits per heavy atom. The molecule has 100 valence electrons. The molecule has 3 nitrogen and oxygen atoms in total. The lowest BCUT2D eigenvalue weighted by Gasteiger charge is -2.13. The van der Waals surface area contributed by atoms with E-state index in [0.29, 0.717) is 29.6 Å². The van der Waals surface area contributed by atoms with E-state index in [4.69, 9.17) is 11.6 Å². The molecule has 1 saturated carbocycles. The zero-order valence-corrected chi connectivity index (χ0v) is 11.7. The number of carbonyl (C=O) groups excluding carboxylic acids is 1. The molecule has 0 radical (unpaired) electrons. The number of carbonyl (C=O) groups is 1. The fourth-order valence-corrected chi connectivity index (χ4v) is 3.05. The van der Waals surface area contributed by atoms with Gasteiger partial charge < -0.3 is 0 Å². The van der Waals surface area contributed by atoms with Crippen LogP contribution in [0, 0.1) is 5.92 Å². The minimum Gasteiger partial charge on any atom is -0.292 e. The maximum atomic E-state index is 12.3. The molecular weight excluding hydrogens is 248 g/mol. The largest absolute Gasteiger partial charge is 0.292 e. The third-order valence-electron chi connectivity index (χ3n) is 3.81. The second-order valence-corrected chi connectivity index (χ2v) is 5.55. The van der Waals surface area contributed by atoms with Crippen molar-refractivity contribution in [3.8, 4) is 0 Å². The first-order valence-electron chi connectivity index (χ1n) is 6.97. The normalized spacial score (nSPS) is 17.7.